The SMILES string of the molecule is CCC1CC(CNC)(c2cccc(Cl)c2)C1. The molecule has 0 spiro atoms. The monoisotopic (exact) mass is 237 g/mol. The van der Waals surface area contributed by atoms with Gasteiger partial charge in [-0.05, 0) is 43.5 Å². The zero-order chi connectivity index (χ0) is 11.6. The summed E-state index contributed by atoms with van der Waals surface area (Å²) in [5, 5.41) is 4.18. The number of halogens is 1. The second-order valence-electron chi connectivity index (χ2n) is 5.00. The van der Waals surface area contributed by atoms with Gasteiger partial charge in [0.1, 0.15) is 0 Å². The fourth-order valence-electron chi connectivity index (χ4n) is 2.97. The topological polar surface area (TPSA) is 12.0 Å². The predicted octanol–water partition coefficient (Wildman–Crippen LogP) is 3.62. The van der Waals surface area contributed by atoms with Crippen molar-refractivity contribution in [3.8, 4) is 0 Å². The van der Waals surface area contributed by atoms with Gasteiger partial charge >= 0.3 is 0 Å². The van der Waals surface area contributed by atoms with E-state index in [9.17, 15) is 0 Å². The lowest BCUT2D eigenvalue weighted by Gasteiger charge is -2.48. The Hall–Kier alpha value is -0.530. The van der Waals surface area contributed by atoms with Crippen molar-refractivity contribution in [3.05, 3.63) is 34.9 Å². The molecule has 0 heterocycles. The van der Waals surface area contributed by atoms with Gasteiger partial charge in [0.25, 0.3) is 0 Å². The van der Waals surface area contributed by atoms with E-state index in [1.807, 2.05) is 13.1 Å². The van der Waals surface area contributed by atoms with Gasteiger partial charge in [-0.2, -0.15) is 0 Å². The van der Waals surface area contributed by atoms with E-state index >= 15 is 0 Å². The highest BCUT2D eigenvalue weighted by molar-refractivity contribution is 6.30. The molecule has 1 aliphatic carbocycles. The highest BCUT2D eigenvalue weighted by atomic mass is 35.5. The average Bonchev–Trinajstić information content (AvgIpc) is 2.23. The van der Waals surface area contributed by atoms with E-state index in [1.165, 1.54) is 24.8 Å². The van der Waals surface area contributed by atoms with E-state index in [-0.39, 0.29) is 0 Å². The fourth-order valence-corrected chi connectivity index (χ4v) is 3.16. The van der Waals surface area contributed by atoms with Crippen molar-refractivity contribution in [1.82, 2.24) is 5.32 Å². The average molecular weight is 238 g/mol. The Labute approximate surface area is 103 Å². The molecular formula is C14H20ClN. The van der Waals surface area contributed by atoms with Crippen molar-refractivity contribution in [1.29, 1.82) is 0 Å². The van der Waals surface area contributed by atoms with Crippen molar-refractivity contribution >= 4 is 11.6 Å². The maximum Gasteiger partial charge on any atom is 0.0408 e. The van der Waals surface area contributed by atoms with E-state index in [1.54, 1.807) is 0 Å². The molecule has 0 aromatic heterocycles. The number of rotatable bonds is 4. The first kappa shape index (κ1) is 11.9. The minimum absolute atomic E-state index is 0.334. The van der Waals surface area contributed by atoms with Gasteiger partial charge in [0.15, 0.2) is 0 Å². The number of benzene rings is 1. The summed E-state index contributed by atoms with van der Waals surface area (Å²) in [5.74, 6) is 0.896. The normalized spacial score (nSPS) is 28.8. The van der Waals surface area contributed by atoms with E-state index in [2.05, 4.69) is 30.4 Å². The van der Waals surface area contributed by atoms with E-state index in [4.69, 9.17) is 11.6 Å². The molecule has 0 atom stereocenters. The van der Waals surface area contributed by atoms with Gasteiger partial charge in [-0.3, -0.25) is 0 Å². The largest absolute Gasteiger partial charge is 0.319 e. The van der Waals surface area contributed by atoms with Crippen LogP contribution in [0.4, 0.5) is 0 Å². The van der Waals surface area contributed by atoms with Crippen molar-refractivity contribution in [3.63, 3.8) is 0 Å². The van der Waals surface area contributed by atoms with Crippen LogP contribution in [0.1, 0.15) is 31.7 Å². The van der Waals surface area contributed by atoms with Gasteiger partial charge in [-0.1, -0.05) is 37.1 Å². The molecule has 1 nitrogen and oxygen atoms in total. The molecule has 1 fully saturated rings. The van der Waals surface area contributed by atoms with Crippen molar-refractivity contribution in [2.24, 2.45) is 5.92 Å². The Balaban J connectivity index is 2.21. The van der Waals surface area contributed by atoms with Gasteiger partial charge < -0.3 is 5.32 Å². The Morgan fingerprint density at radius 3 is 2.75 bits per heavy atom. The second kappa shape index (κ2) is 4.77. The van der Waals surface area contributed by atoms with Crippen LogP contribution in [0, 0.1) is 5.92 Å². The number of hydrogen-bond donors (Lipinski definition) is 1. The fraction of sp³-hybridized carbons (Fsp3) is 0.571. The predicted molar refractivity (Wildman–Crippen MR) is 70.1 cm³/mol. The van der Waals surface area contributed by atoms with Gasteiger partial charge in [0.05, 0.1) is 0 Å². The summed E-state index contributed by atoms with van der Waals surface area (Å²) < 4.78 is 0. The molecule has 1 N–H and O–H groups in total. The molecule has 16 heavy (non-hydrogen) atoms. The molecule has 2 heteroatoms. The van der Waals surface area contributed by atoms with Gasteiger partial charge in [-0.25, -0.2) is 0 Å². The maximum absolute atomic E-state index is 6.08. The lowest BCUT2D eigenvalue weighted by Crippen LogP contribution is -2.47. The number of nitrogens with one attached hydrogen (secondary N) is 1. The first-order valence-electron chi connectivity index (χ1n) is 6.11. The molecule has 0 amide bonds. The number of hydrogen-bond acceptors (Lipinski definition) is 1. The van der Waals surface area contributed by atoms with Crippen molar-refractivity contribution in [2.45, 2.75) is 31.6 Å². The maximum atomic E-state index is 6.08. The van der Waals surface area contributed by atoms with Crippen LogP contribution >= 0.6 is 11.6 Å². The van der Waals surface area contributed by atoms with Crippen LogP contribution in [-0.4, -0.2) is 13.6 Å². The summed E-state index contributed by atoms with van der Waals surface area (Å²) in [4.78, 5) is 0. The summed E-state index contributed by atoms with van der Waals surface area (Å²) in [5.41, 5.74) is 1.74. The van der Waals surface area contributed by atoms with Crippen LogP contribution in [0.15, 0.2) is 24.3 Å². The van der Waals surface area contributed by atoms with E-state index in [0.717, 1.165) is 17.5 Å². The van der Waals surface area contributed by atoms with Crippen LogP contribution in [0.3, 0.4) is 0 Å². The van der Waals surface area contributed by atoms with Crippen LogP contribution in [-0.2, 0) is 5.41 Å². The molecule has 1 saturated carbocycles. The molecule has 88 valence electrons. The zero-order valence-electron chi connectivity index (χ0n) is 10.1. The third kappa shape index (κ3) is 2.11. The van der Waals surface area contributed by atoms with E-state index in [0.29, 0.717) is 5.41 Å². The van der Waals surface area contributed by atoms with Crippen molar-refractivity contribution in [2.75, 3.05) is 13.6 Å². The molecule has 1 aromatic rings. The van der Waals surface area contributed by atoms with Crippen LogP contribution in [0.25, 0.3) is 0 Å². The van der Waals surface area contributed by atoms with Gasteiger partial charge in [0, 0.05) is 17.0 Å². The lowest BCUT2D eigenvalue weighted by molar-refractivity contribution is 0.136. The minimum Gasteiger partial charge on any atom is -0.319 e. The highest BCUT2D eigenvalue weighted by Crippen LogP contribution is 2.49. The first-order valence-corrected chi connectivity index (χ1v) is 6.48. The standard InChI is InChI=1S/C14H20ClN/c1-3-11-8-14(9-11,10-16-2)12-5-4-6-13(15)7-12/h4-7,11,16H,3,8-10H2,1-2H3. The molecule has 0 unspecified atom stereocenters. The van der Waals surface area contributed by atoms with Gasteiger partial charge in [-0.15, -0.1) is 0 Å². The Bertz CT molecular complexity index is 356. The van der Waals surface area contributed by atoms with Crippen molar-refractivity contribution < 1.29 is 0 Å². The van der Waals surface area contributed by atoms with Crippen LogP contribution in [0.2, 0.25) is 5.02 Å². The molecule has 1 aromatic carbocycles. The summed E-state index contributed by atoms with van der Waals surface area (Å²) in [6, 6.07) is 8.36. The van der Waals surface area contributed by atoms with Gasteiger partial charge in [0.2, 0.25) is 0 Å². The molecule has 2 rings (SSSR count). The second-order valence-corrected chi connectivity index (χ2v) is 5.44. The molecule has 1 aliphatic rings. The van der Waals surface area contributed by atoms with E-state index < -0.39 is 0 Å². The summed E-state index contributed by atoms with van der Waals surface area (Å²) in [6.07, 6.45) is 3.89. The Morgan fingerprint density at radius 2 is 2.19 bits per heavy atom. The summed E-state index contributed by atoms with van der Waals surface area (Å²) in [6.45, 7) is 3.34. The third-order valence-corrected chi connectivity index (χ3v) is 4.12. The molecule has 0 radical (unpaired) electrons. The quantitative estimate of drug-likeness (QED) is 0.844. The molecule has 0 bridgehead atoms. The summed E-state index contributed by atoms with van der Waals surface area (Å²) >= 11 is 6.08. The molecular weight excluding hydrogens is 218 g/mol. The number of likely N-dealkylation sites (N-methyl/N-ethyl adjacent to an activating group) is 1. The molecule has 0 saturated heterocycles. The van der Waals surface area contributed by atoms with Crippen LogP contribution < -0.4 is 5.32 Å². The smallest absolute Gasteiger partial charge is 0.0408 e. The van der Waals surface area contributed by atoms with Crippen LogP contribution in [0.5, 0.6) is 0 Å². The highest BCUT2D eigenvalue weighted by Gasteiger charge is 2.43. The summed E-state index contributed by atoms with van der Waals surface area (Å²) in [7, 11) is 2.03. The Kier molecular flexibility index (Phi) is 3.56. The molecule has 0 aliphatic heterocycles. The Morgan fingerprint density at radius 1 is 1.44 bits per heavy atom. The minimum atomic E-state index is 0.334. The first-order chi connectivity index (χ1) is 7.70. The zero-order valence-corrected chi connectivity index (χ0v) is 10.8. The third-order valence-electron chi connectivity index (χ3n) is 3.89. The lowest BCUT2D eigenvalue weighted by atomic mass is 9.58.